The second kappa shape index (κ2) is 4.19. The van der Waals surface area contributed by atoms with E-state index in [-0.39, 0.29) is 0 Å². The van der Waals surface area contributed by atoms with Gasteiger partial charge in [-0.3, -0.25) is 0 Å². The summed E-state index contributed by atoms with van der Waals surface area (Å²) in [5.41, 5.74) is 7.18. The third-order valence-corrected chi connectivity index (χ3v) is 5.29. The predicted molar refractivity (Wildman–Crippen MR) is 70.5 cm³/mol. The molecule has 1 saturated carbocycles. The van der Waals surface area contributed by atoms with Crippen molar-refractivity contribution in [2.24, 2.45) is 5.73 Å². The molecule has 5 heteroatoms. The fourth-order valence-corrected chi connectivity index (χ4v) is 3.71. The molecule has 0 unspecified atom stereocenters. The Morgan fingerprint density at radius 2 is 2.11 bits per heavy atom. The maximum Gasteiger partial charge on any atom is 0.204 e. The van der Waals surface area contributed by atoms with E-state index in [1.165, 1.54) is 0 Å². The van der Waals surface area contributed by atoms with Crippen molar-refractivity contribution >= 4 is 15.9 Å². The maximum atomic E-state index is 12.3. The summed E-state index contributed by atoms with van der Waals surface area (Å²) in [6, 6.07) is 5.90. The zero-order chi connectivity index (χ0) is 12.8. The molecule has 18 heavy (non-hydrogen) atoms. The van der Waals surface area contributed by atoms with Gasteiger partial charge in [0.05, 0.1) is 9.80 Å². The quantitative estimate of drug-likeness (QED) is 0.852. The Hall–Kier alpha value is -1.17. The molecule has 0 aromatic heterocycles. The molecule has 1 aromatic rings. The van der Waals surface area contributed by atoms with E-state index in [1.807, 2.05) is 12.1 Å². The van der Waals surface area contributed by atoms with Crippen LogP contribution in [0.15, 0.2) is 28.0 Å². The van der Waals surface area contributed by atoms with Crippen LogP contribution in [0.25, 0.3) is 6.08 Å². The molecule has 1 aromatic carbocycles. The highest BCUT2D eigenvalue weighted by atomic mass is 32.2. The summed E-state index contributed by atoms with van der Waals surface area (Å²) >= 11 is 0. The van der Waals surface area contributed by atoms with Crippen LogP contribution in [0.2, 0.25) is 0 Å². The van der Waals surface area contributed by atoms with E-state index < -0.39 is 9.84 Å². The number of fused-ring (bicyclic) bond motifs is 1. The van der Waals surface area contributed by atoms with Gasteiger partial charge in [-0.1, -0.05) is 12.1 Å². The van der Waals surface area contributed by atoms with Crippen LogP contribution in [0.3, 0.4) is 0 Å². The van der Waals surface area contributed by atoms with Crippen LogP contribution in [0, 0.1) is 0 Å². The fourth-order valence-electron chi connectivity index (χ4n) is 2.13. The summed E-state index contributed by atoms with van der Waals surface area (Å²) in [6.07, 6.45) is 4.07. The second-order valence-electron chi connectivity index (χ2n) is 4.85. The molecule has 0 saturated heterocycles. The molecule has 0 bridgehead atoms. The molecule has 1 aliphatic heterocycles. The molecular weight excluding hydrogens is 248 g/mol. The van der Waals surface area contributed by atoms with Gasteiger partial charge >= 0.3 is 0 Å². The molecule has 3 rings (SSSR count). The molecule has 4 nitrogen and oxygen atoms in total. The van der Waals surface area contributed by atoms with Gasteiger partial charge in [0, 0.05) is 19.1 Å². The fraction of sp³-hybridized carbons (Fsp3) is 0.385. The van der Waals surface area contributed by atoms with Crippen molar-refractivity contribution in [2.75, 3.05) is 6.54 Å². The third-order valence-electron chi connectivity index (χ3n) is 3.41. The molecule has 1 heterocycles. The molecule has 0 radical (unpaired) electrons. The second-order valence-corrected chi connectivity index (χ2v) is 6.82. The third kappa shape index (κ3) is 1.98. The van der Waals surface area contributed by atoms with E-state index in [9.17, 15) is 8.42 Å². The molecule has 3 N–H and O–H groups in total. The summed E-state index contributed by atoms with van der Waals surface area (Å²) in [6.45, 7) is 0.790. The Morgan fingerprint density at radius 3 is 2.78 bits per heavy atom. The predicted octanol–water partition coefficient (Wildman–Crippen LogP) is 1.03. The van der Waals surface area contributed by atoms with Crippen LogP contribution >= 0.6 is 0 Å². The Labute approximate surface area is 107 Å². The minimum Gasteiger partial charge on any atom is -0.326 e. The number of nitrogens with two attached hydrogens (primary N) is 1. The monoisotopic (exact) mass is 264 g/mol. The molecule has 2 aliphatic rings. The Bertz CT molecular complexity index is 616. The summed E-state index contributed by atoms with van der Waals surface area (Å²) in [7, 11) is -3.30. The van der Waals surface area contributed by atoms with Gasteiger partial charge in [-0.05, 0) is 36.1 Å². The summed E-state index contributed by atoms with van der Waals surface area (Å²) in [4.78, 5) is 0.872. The van der Waals surface area contributed by atoms with Crippen LogP contribution in [-0.2, 0) is 16.4 Å². The van der Waals surface area contributed by atoms with E-state index >= 15 is 0 Å². The number of sulfone groups is 1. The van der Waals surface area contributed by atoms with Crippen molar-refractivity contribution in [1.29, 1.82) is 0 Å². The standard InChI is InChI=1S/C13H16N2O2S/c14-7-9-1-2-10-6-12(8-15-11-3-4-11)18(16,17)13(10)5-9/h1-2,5-6,11,15H,3-4,7-8,14H2. The first-order chi connectivity index (χ1) is 8.61. The SMILES string of the molecule is NCc1ccc2c(c1)S(=O)(=O)C(CNC1CC1)=C2. The topological polar surface area (TPSA) is 72.2 Å². The highest BCUT2D eigenvalue weighted by Gasteiger charge is 2.31. The molecule has 0 spiro atoms. The Kier molecular flexibility index (Phi) is 2.77. The average molecular weight is 264 g/mol. The highest BCUT2D eigenvalue weighted by molar-refractivity contribution is 7.95. The molecule has 1 fully saturated rings. The van der Waals surface area contributed by atoms with E-state index in [2.05, 4.69) is 5.32 Å². The van der Waals surface area contributed by atoms with Crippen LogP contribution in [-0.4, -0.2) is 21.0 Å². The van der Waals surface area contributed by atoms with Crippen molar-refractivity contribution < 1.29 is 8.42 Å². The number of hydrogen-bond acceptors (Lipinski definition) is 4. The normalized spacial score (nSPS) is 20.6. The summed E-state index contributed by atoms with van der Waals surface area (Å²) in [5.74, 6) is 0. The lowest BCUT2D eigenvalue weighted by Crippen LogP contribution is -2.21. The van der Waals surface area contributed by atoms with Gasteiger partial charge in [0.15, 0.2) is 0 Å². The summed E-state index contributed by atoms with van der Waals surface area (Å²) < 4.78 is 24.7. The van der Waals surface area contributed by atoms with Gasteiger partial charge in [-0.25, -0.2) is 8.42 Å². The van der Waals surface area contributed by atoms with Crippen molar-refractivity contribution in [2.45, 2.75) is 30.3 Å². The number of nitrogens with one attached hydrogen (secondary N) is 1. The molecular formula is C13H16N2O2S. The van der Waals surface area contributed by atoms with Crippen molar-refractivity contribution in [3.8, 4) is 0 Å². The Balaban J connectivity index is 1.91. The lowest BCUT2D eigenvalue weighted by Gasteiger charge is -2.05. The van der Waals surface area contributed by atoms with Crippen molar-refractivity contribution in [1.82, 2.24) is 5.32 Å². The van der Waals surface area contributed by atoms with Crippen molar-refractivity contribution in [3.05, 3.63) is 34.2 Å². The molecule has 96 valence electrons. The number of benzene rings is 1. The van der Waals surface area contributed by atoms with Crippen LogP contribution < -0.4 is 11.1 Å². The average Bonchev–Trinajstić information content (AvgIpc) is 3.14. The van der Waals surface area contributed by atoms with E-state index in [0.29, 0.717) is 28.9 Å². The lowest BCUT2D eigenvalue weighted by atomic mass is 10.1. The van der Waals surface area contributed by atoms with Gasteiger partial charge in [-0.15, -0.1) is 0 Å². The smallest absolute Gasteiger partial charge is 0.204 e. The van der Waals surface area contributed by atoms with Crippen LogP contribution in [0.1, 0.15) is 24.0 Å². The number of rotatable bonds is 4. The lowest BCUT2D eigenvalue weighted by molar-refractivity contribution is 0.600. The van der Waals surface area contributed by atoms with E-state index in [1.54, 1.807) is 12.1 Å². The van der Waals surface area contributed by atoms with Gasteiger partial charge in [0.25, 0.3) is 0 Å². The maximum absolute atomic E-state index is 12.3. The van der Waals surface area contributed by atoms with Gasteiger partial charge in [0.1, 0.15) is 0 Å². The first-order valence-corrected chi connectivity index (χ1v) is 7.61. The Morgan fingerprint density at radius 1 is 1.33 bits per heavy atom. The largest absolute Gasteiger partial charge is 0.326 e. The minimum atomic E-state index is -3.30. The minimum absolute atomic E-state index is 0.360. The van der Waals surface area contributed by atoms with E-state index in [4.69, 9.17) is 5.73 Å². The first-order valence-electron chi connectivity index (χ1n) is 6.13. The zero-order valence-electron chi connectivity index (χ0n) is 10.0. The first kappa shape index (κ1) is 11.9. The number of hydrogen-bond donors (Lipinski definition) is 2. The van der Waals surface area contributed by atoms with E-state index in [0.717, 1.165) is 24.0 Å². The summed E-state index contributed by atoms with van der Waals surface area (Å²) in [5, 5.41) is 3.25. The van der Waals surface area contributed by atoms with Crippen LogP contribution in [0.5, 0.6) is 0 Å². The van der Waals surface area contributed by atoms with Gasteiger partial charge in [-0.2, -0.15) is 0 Å². The van der Waals surface area contributed by atoms with Crippen molar-refractivity contribution in [3.63, 3.8) is 0 Å². The molecule has 0 atom stereocenters. The highest BCUT2D eigenvalue weighted by Crippen LogP contribution is 2.33. The molecule has 1 aliphatic carbocycles. The molecule has 0 amide bonds. The van der Waals surface area contributed by atoms with Gasteiger partial charge in [0.2, 0.25) is 9.84 Å². The zero-order valence-corrected chi connectivity index (χ0v) is 10.8. The van der Waals surface area contributed by atoms with Crippen LogP contribution in [0.4, 0.5) is 0 Å². The van der Waals surface area contributed by atoms with Gasteiger partial charge < -0.3 is 11.1 Å².